The fraction of sp³-hybridized carbons (Fsp3) is 0.500. The van der Waals surface area contributed by atoms with E-state index in [2.05, 4.69) is 5.32 Å². The molecule has 2 rings (SSSR count). The van der Waals surface area contributed by atoms with E-state index >= 15 is 0 Å². The summed E-state index contributed by atoms with van der Waals surface area (Å²) >= 11 is 5.91. The molecule has 2 N–H and O–H groups in total. The summed E-state index contributed by atoms with van der Waals surface area (Å²) in [7, 11) is -3.94. The molecule has 1 aliphatic rings. The Balaban J connectivity index is 2.21. The average molecular weight is 402 g/mol. The van der Waals surface area contributed by atoms with Gasteiger partial charge in [0.15, 0.2) is 15.9 Å². The number of aliphatic carboxylic acids is 1. The zero-order chi connectivity index (χ0) is 19.0. The highest BCUT2D eigenvalue weighted by atomic mass is 35.5. The number of hydrogen-bond donors (Lipinski definition) is 2. The van der Waals surface area contributed by atoms with E-state index in [1.54, 1.807) is 0 Å². The van der Waals surface area contributed by atoms with Crippen LogP contribution in [0.4, 0.5) is 13.2 Å². The van der Waals surface area contributed by atoms with E-state index < -0.39 is 39.4 Å². The second-order valence-corrected chi connectivity index (χ2v) is 8.20. The lowest BCUT2D eigenvalue weighted by atomic mass is 10.2. The molecule has 6 nitrogen and oxygen atoms in total. The van der Waals surface area contributed by atoms with Gasteiger partial charge in [-0.3, -0.25) is 4.79 Å². The third-order valence-corrected chi connectivity index (χ3v) is 6.44. The number of rotatable bonds is 5. The second-order valence-electron chi connectivity index (χ2n) is 5.60. The van der Waals surface area contributed by atoms with Gasteiger partial charge in [0.25, 0.3) is 0 Å². The number of halogens is 4. The van der Waals surface area contributed by atoms with Crippen LogP contribution >= 0.6 is 11.6 Å². The lowest BCUT2D eigenvalue weighted by Gasteiger charge is -2.18. The van der Waals surface area contributed by atoms with Crippen molar-refractivity contribution in [3.05, 3.63) is 23.2 Å². The van der Waals surface area contributed by atoms with Crippen LogP contribution in [0.5, 0.6) is 5.75 Å². The molecule has 0 aliphatic carbocycles. The standard InChI is InChI=1S/C14H15ClF3NO5S/c1-7(14(16,17)18)24-8-2-3-12(10(15)4-8)25(22,23)9-5-11(13(20)21)19-6-9/h2-4,7,9,11,19H,5-6H2,1H3,(H,20,21)/t7-,9+,11-/m0/s1. The van der Waals surface area contributed by atoms with E-state index in [0.717, 1.165) is 25.1 Å². The molecule has 0 radical (unpaired) electrons. The lowest BCUT2D eigenvalue weighted by Crippen LogP contribution is -2.31. The molecule has 3 atom stereocenters. The number of benzene rings is 1. The first-order valence-corrected chi connectivity index (χ1v) is 9.08. The summed E-state index contributed by atoms with van der Waals surface area (Å²) in [6.45, 7) is 0.758. The normalized spacial score (nSPS) is 22.6. The van der Waals surface area contributed by atoms with E-state index in [1.807, 2.05) is 0 Å². The van der Waals surface area contributed by atoms with Crippen molar-refractivity contribution >= 4 is 27.4 Å². The highest BCUT2D eigenvalue weighted by Crippen LogP contribution is 2.33. The Bertz CT molecular complexity index is 768. The lowest BCUT2D eigenvalue weighted by molar-refractivity contribution is -0.189. The molecule has 0 aromatic heterocycles. The zero-order valence-corrected chi connectivity index (χ0v) is 14.5. The average Bonchev–Trinajstić information content (AvgIpc) is 2.96. The first kappa shape index (κ1) is 19.8. The van der Waals surface area contributed by atoms with Gasteiger partial charge in [-0.2, -0.15) is 13.2 Å². The Hall–Kier alpha value is -1.52. The molecule has 1 aromatic rings. The summed E-state index contributed by atoms with van der Waals surface area (Å²) in [5, 5.41) is 10.2. The van der Waals surface area contributed by atoms with Gasteiger partial charge in [0.05, 0.1) is 15.2 Å². The maximum atomic E-state index is 12.6. The fourth-order valence-electron chi connectivity index (χ4n) is 2.36. The van der Waals surface area contributed by atoms with E-state index in [9.17, 15) is 26.4 Å². The molecule has 1 aromatic carbocycles. The van der Waals surface area contributed by atoms with Crippen molar-refractivity contribution in [3.63, 3.8) is 0 Å². The molecular formula is C14H15ClF3NO5S. The van der Waals surface area contributed by atoms with Gasteiger partial charge in [0.1, 0.15) is 11.8 Å². The molecule has 0 unspecified atom stereocenters. The highest BCUT2D eigenvalue weighted by molar-refractivity contribution is 7.92. The predicted molar refractivity (Wildman–Crippen MR) is 82.6 cm³/mol. The molecule has 1 heterocycles. The van der Waals surface area contributed by atoms with E-state index in [0.29, 0.717) is 0 Å². The number of alkyl halides is 3. The van der Waals surface area contributed by atoms with Crippen LogP contribution in [0.3, 0.4) is 0 Å². The van der Waals surface area contributed by atoms with E-state index in [1.165, 1.54) is 0 Å². The Morgan fingerprint density at radius 2 is 2.08 bits per heavy atom. The van der Waals surface area contributed by atoms with E-state index in [4.69, 9.17) is 21.4 Å². The number of carboxylic acids is 1. The second kappa shape index (κ2) is 7.00. The molecule has 0 amide bonds. The summed E-state index contributed by atoms with van der Waals surface area (Å²) in [6.07, 6.45) is -6.78. The van der Waals surface area contributed by atoms with Crippen molar-refractivity contribution in [2.45, 2.75) is 41.8 Å². The monoisotopic (exact) mass is 401 g/mol. The van der Waals surface area contributed by atoms with Gasteiger partial charge >= 0.3 is 12.1 Å². The van der Waals surface area contributed by atoms with Crippen molar-refractivity contribution in [2.24, 2.45) is 0 Å². The molecule has 1 saturated heterocycles. The quantitative estimate of drug-likeness (QED) is 0.786. The minimum atomic E-state index is -4.57. The van der Waals surface area contributed by atoms with Gasteiger partial charge < -0.3 is 15.2 Å². The Labute approximate surface area is 146 Å². The van der Waals surface area contributed by atoms with Gasteiger partial charge in [-0.25, -0.2) is 8.42 Å². The molecule has 1 aliphatic heterocycles. The SMILES string of the molecule is C[C@H](Oc1ccc(S(=O)(=O)[C@H]2CN[C@H](C(=O)O)C2)c(Cl)c1)C(F)(F)F. The van der Waals surface area contributed by atoms with Gasteiger partial charge in [-0.15, -0.1) is 0 Å². The van der Waals surface area contributed by atoms with Crippen LogP contribution in [-0.4, -0.2) is 49.6 Å². The number of nitrogens with one attached hydrogen (secondary N) is 1. The number of sulfone groups is 1. The van der Waals surface area contributed by atoms with Crippen molar-refractivity contribution in [2.75, 3.05) is 6.54 Å². The van der Waals surface area contributed by atoms with Crippen LogP contribution < -0.4 is 10.1 Å². The van der Waals surface area contributed by atoms with Gasteiger partial charge in [0, 0.05) is 12.6 Å². The smallest absolute Gasteiger partial charge is 0.425 e. The van der Waals surface area contributed by atoms with Crippen molar-refractivity contribution in [1.82, 2.24) is 5.32 Å². The highest BCUT2D eigenvalue weighted by Gasteiger charge is 2.40. The van der Waals surface area contributed by atoms with Crippen molar-refractivity contribution in [3.8, 4) is 5.75 Å². The Kier molecular flexibility index (Phi) is 5.55. The molecule has 25 heavy (non-hydrogen) atoms. The summed E-state index contributed by atoms with van der Waals surface area (Å²) < 4.78 is 67.4. The number of carboxylic acid groups (broad SMARTS) is 1. The summed E-state index contributed by atoms with van der Waals surface area (Å²) in [5.74, 6) is -1.38. The molecular weight excluding hydrogens is 387 g/mol. The van der Waals surface area contributed by atoms with Gasteiger partial charge in [0.2, 0.25) is 0 Å². The number of carbonyl (C=O) groups is 1. The Morgan fingerprint density at radius 3 is 2.56 bits per heavy atom. The molecule has 1 fully saturated rings. The first-order valence-electron chi connectivity index (χ1n) is 7.16. The maximum absolute atomic E-state index is 12.6. The molecule has 0 bridgehead atoms. The zero-order valence-electron chi connectivity index (χ0n) is 12.9. The van der Waals surface area contributed by atoms with E-state index in [-0.39, 0.29) is 28.6 Å². The molecule has 140 valence electrons. The fourth-order valence-corrected chi connectivity index (χ4v) is 4.57. The molecule has 11 heteroatoms. The van der Waals surface area contributed by atoms with Crippen molar-refractivity contribution < 1.29 is 36.2 Å². The predicted octanol–water partition coefficient (Wildman–Crippen LogP) is 2.26. The van der Waals surface area contributed by atoms with Crippen LogP contribution in [0.25, 0.3) is 0 Å². The third-order valence-electron chi connectivity index (χ3n) is 3.81. The number of hydrogen-bond acceptors (Lipinski definition) is 5. The summed E-state index contributed by atoms with van der Waals surface area (Å²) in [6, 6.07) is 2.16. The Morgan fingerprint density at radius 1 is 1.44 bits per heavy atom. The van der Waals surface area contributed by atoms with Crippen LogP contribution in [0, 0.1) is 0 Å². The molecule has 0 saturated carbocycles. The van der Waals surface area contributed by atoms with Crippen LogP contribution in [0.15, 0.2) is 23.1 Å². The van der Waals surface area contributed by atoms with Gasteiger partial charge in [-0.05, 0) is 25.5 Å². The summed E-state index contributed by atoms with van der Waals surface area (Å²) in [5.41, 5.74) is 0. The van der Waals surface area contributed by atoms with Crippen LogP contribution in [0.1, 0.15) is 13.3 Å². The van der Waals surface area contributed by atoms with Gasteiger partial charge in [-0.1, -0.05) is 11.6 Å². The maximum Gasteiger partial charge on any atom is 0.425 e. The largest absolute Gasteiger partial charge is 0.481 e. The minimum absolute atomic E-state index is 0.0566. The number of ether oxygens (including phenoxy) is 1. The van der Waals surface area contributed by atoms with Crippen LogP contribution in [0.2, 0.25) is 5.02 Å². The third kappa shape index (κ3) is 4.36. The summed E-state index contributed by atoms with van der Waals surface area (Å²) in [4.78, 5) is 10.6. The topological polar surface area (TPSA) is 92.7 Å². The molecule has 0 spiro atoms. The van der Waals surface area contributed by atoms with Crippen molar-refractivity contribution in [1.29, 1.82) is 0 Å². The first-order chi connectivity index (χ1) is 11.4. The minimum Gasteiger partial charge on any atom is -0.481 e. The van der Waals surface area contributed by atoms with Crippen LogP contribution in [-0.2, 0) is 14.6 Å².